The molecule has 1 aromatic carbocycles. The van der Waals surface area contributed by atoms with Crippen LogP contribution in [0.4, 0.5) is 0 Å². The van der Waals surface area contributed by atoms with E-state index in [1.807, 2.05) is 0 Å². The van der Waals surface area contributed by atoms with Crippen molar-refractivity contribution >= 4 is 22.6 Å². The van der Waals surface area contributed by atoms with E-state index in [1.165, 1.54) is 12.1 Å². The van der Waals surface area contributed by atoms with Crippen LogP contribution in [0.15, 0.2) is 30.5 Å². The van der Waals surface area contributed by atoms with E-state index in [-0.39, 0.29) is 11.5 Å². The molecule has 0 bridgehead atoms. The van der Waals surface area contributed by atoms with E-state index in [0.29, 0.717) is 22.1 Å². The number of aromatic hydroxyl groups is 2. The Morgan fingerprint density at radius 2 is 1.94 bits per heavy atom. The number of fused-ring (bicyclic) bond motifs is 1. The third-order valence-electron chi connectivity index (χ3n) is 2.61. The predicted molar refractivity (Wildman–Crippen MR) is 67.7 cm³/mol. The molecule has 0 saturated carbocycles. The molecule has 0 atom stereocenters. The molecule has 3 rings (SSSR count). The molecular formula is C12H8ClN3O2. The molecule has 0 aliphatic carbocycles. The van der Waals surface area contributed by atoms with Gasteiger partial charge in [-0.25, -0.2) is 9.97 Å². The van der Waals surface area contributed by atoms with E-state index in [0.717, 1.165) is 5.52 Å². The summed E-state index contributed by atoms with van der Waals surface area (Å²) in [7, 11) is 0. The maximum Gasteiger partial charge on any atom is 0.158 e. The molecule has 0 amide bonds. The third-order valence-corrected chi connectivity index (χ3v) is 2.88. The number of benzene rings is 1. The maximum atomic E-state index is 9.46. The predicted octanol–water partition coefficient (Wildman–Crippen LogP) is 2.69. The number of H-pyrrole nitrogens is 1. The number of nitrogens with one attached hydrogen (secondary N) is 1. The molecule has 0 saturated heterocycles. The van der Waals surface area contributed by atoms with Crippen LogP contribution in [0.1, 0.15) is 0 Å². The van der Waals surface area contributed by atoms with Gasteiger partial charge in [0.15, 0.2) is 16.7 Å². The van der Waals surface area contributed by atoms with Crippen molar-refractivity contribution in [3.63, 3.8) is 0 Å². The fourth-order valence-electron chi connectivity index (χ4n) is 1.71. The molecule has 0 aliphatic rings. The quantitative estimate of drug-likeness (QED) is 0.465. The Morgan fingerprint density at radius 3 is 2.67 bits per heavy atom. The van der Waals surface area contributed by atoms with Gasteiger partial charge in [0.25, 0.3) is 0 Å². The number of aromatic nitrogens is 3. The van der Waals surface area contributed by atoms with Crippen LogP contribution in [0.3, 0.4) is 0 Å². The summed E-state index contributed by atoms with van der Waals surface area (Å²) < 4.78 is 0. The Balaban J connectivity index is 2.19. The van der Waals surface area contributed by atoms with Crippen molar-refractivity contribution in [1.82, 2.24) is 15.0 Å². The lowest BCUT2D eigenvalue weighted by atomic mass is 10.2. The minimum absolute atomic E-state index is 0.172. The van der Waals surface area contributed by atoms with Crippen LogP contribution in [0.2, 0.25) is 5.15 Å². The molecule has 6 heteroatoms. The van der Waals surface area contributed by atoms with Crippen LogP contribution in [0, 0.1) is 0 Å². The van der Waals surface area contributed by atoms with Crippen LogP contribution >= 0.6 is 11.6 Å². The average Bonchev–Trinajstić information content (AvgIpc) is 2.78. The highest BCUT2D eigenvalue weighted by atomic mass is 35.5. The topological polar surface area (TPSA) is 82.0 Å². The SMILES string of the molecule is Oc1ccc(-c2nc3c(Cl)nccc3[nH]2)cc1O. The fraction of sp³-hybridized carbons (Fsp3) is 0. The van der Waals surface area contributed by atoms with E-state index >= 15 is 0 Å². The van der Waals surface area contributed by atoms with Crippen molar-refractivity contribution in [3.8, 4) is 22.9 Å². The van der Waals surface area contributed by atoms with E-state index in [1.54, 1.807) is 18.3 Å². The number of rotatable bonds is 1. The number of phenols is 2. The number of pyridine rings is 1. The summed E-state index contributed by atoms with van der Waals surface area (Å²) in [5.41, 5.74) is 1.98. The fourth-order valence-corrected chi connectivity index (χ4v) is 1.91. The number of phenolic OH excluding ortho intramolecular Hbond substituents is 2. The first-order chi connectivity index (χ1) is 8.65. The standard InChI is InChI=1S/C12H8ClN3O2/c13-11-10-7(3-4-14-11)15-12(16-10)6-1-2-8(17)9(18)5-6/h1-5,17-18H,(H,15,16). The highest BCUT2D eigenvalue weighted by Gasteiger charge is 2.10. The van der Waals surface area contributed by atoms with Gasteiger partial charge in [-0.05, 0) is 24.3 Å². The Bertz CT molecular complexity index is 739. The number of hydrogen-bond acceptors (Lipinski definition) is 4. The van der Waals surface area contributed by atoms with Crippen LogP contribution < -0.4 is 0 Å². The minimum Gasteiger partial charge on any atom is -0.504 e. The van der Waals surface area contributed by atoms with E-state index in [2.05, 4.69) is 15.0 Å². The Morgan fingerprint density at radius 1 is 1.11 bits per heavy atom. The van der Waals surface area contributed by atoms with Crippen LogP contribution in [-0.2, 0) is 0 Å². The summed E-state index contributed by atoms with van der Waals surface area (Å²) >= 11 is 5.93. The molecule has 0 unspecified atom stereocenters. The lowest BCUT2D eigenvalue weighted by Gasteiger charge is -1.99. The van der Waals surface area contributed by atoms with Gasteiger partial charge in [0.05, 0.1) is 5.52 Å². The average molecular weight is 262 g/mol. The number of hydrogen-bond donors (Lipinski definition) is 3. The molecule has 0 aliphatic heterocycles. The number of nitrogens with zero attached hydrogens (tertiary/aromatic N) is 2. The molecule has 5 nitrogen and oxygen atoms in total. The molecule has 0 radical (unpaired) electrons. The number of halogens is 1. The van der Waals surface area contributed by atoms with E-state index in [4.69, 9.17) is 11.6 Å². The highest BCUT2D eigenvalue weighted by molar-refractivity contribution is 6.33. The molecule has 2 aromatic heterocycles. The molecule has 2 heterocycles. The molecule has 0 fully saturated rings. The molecule has 3 N–H and O–H groups in total. The van der Waals surface area contributed by atoms with Gasteiger partial charge < -0.3 is 15.2 Å². The maximum absolute atomic E-state index is 9.46. The molecule has 18 heavy (non-hydrogen) atoms. The van der Waals surface area contributed by atoms with Crippen molar-refractivity contribution in [1.29, 1.82) is 0 Å². The summed E-state index contributed by atoms with van der Waals surface area (Å²) in [6.07, 6.45) is 1.58. The summed E-state index contributed by atoms with van der Waals surface area (Å²) in [5.74, 6) is 0.182. The minimum atomic E-state index is -0.197. The monoisotopic (exact) mass is 261 g/mol. The van der Waals surface area contributed by atoms with Crippen molar-refractivity contribution in [2.24, 2.45) is 0 Å². The third kappa shape index (κ3) is 1.65. The van der Waals surface area contributed by atoms with Crippen LogP contribution in [0.5, 0.6) is 11.5 Å². The van der Waals surface area contributed by atoms with Gasteiger partial charge in [0.1, 0.15) is 11.3 Å². The lowest BCUT2D eigenvalue weighted by molar-refractivity contribution is 0.404. The van der Waals surface area contributed by atoms with Gasteiger partial charge in [-0.1, -0.05) is 11.6 Å². The summed E-state index contributed by atoms with van der Waals surface area (Å²) in [6.45, 7) is 0. The lowest BCUT2D eigenvalue weighted by Crippen LogP contribution is -1.80. The second-order valence-corrected chi connectivity index (χ2v) is 4.14. The second-order valence-electron chi connectivity index (χ2n) is 3.79. The summed E-state index contributed by atoms with van der Waals surface area (Å²) in [5, 5.41) is 19.0. The number of imidazole rings is 1. The van der Waals surface area contributed by atoms with Crippen LogP contribution in [0.25, 0.3) is 22.4 Å². The van der Waals surface area contributed by atoms with Gasteiger partial charge in [-0.3, -0.25) is 0 Å². The zero-order chi connectivity index (χ0) is 12.7. The largest absolute Gasteiger partial charge is 0.504 e. The first-order valence-electron chi connectivity index (χ1n) is 5.18. The summed E-state index contributed by atoms with van der Waals surface area (Å²) in [4.78, 5) is 11.3. The van der Waals surface area contributed by atoms with Crippen molar-refractivity contribution in [2.75, 3.05) is 0 Å². The van der Waals surface area contributed by atoms with Gasteiger partial charge >= 0.3 is 0 Å². The molecule has 3 aromatic rings. The van der Waals surface area contributed by atoms with E-state index < -0.39 is 0 Å². The van der Waals surface area contributed by atoms with Crippen molar-refractivity contribution in [2.45, 2.75) is 0 Å². The first-order valence-corrected chi connectivity index (χ1v) is 5.55. The van der Waals surface area contributed by atoms with Crippen LogP contribution in [-0.4, -0.2) is 25.2 Å². The van der Waals surface area contributed by atoms with Crippen molar-refractivity contribution < 1.29 is 10.2 Å². The van der Waals surface area contributed by atoms with Gasteiger partial charge in [0, 0.05) is 11.8 Å². The zero-order valence-electron chi connectivity index (χ0n) is 9.05. The second kappa shape index (κ2) is 3.89. The zero-order valence-corrected chi connectivity index (χ0v) is 9.81. The first kappa shape index (κ1) is 10.9. The Hall–Kier alpha value is -2.27. The highest BCUT2D eigenvalue weighted by Crippen LogP contribution is 2.30. The molecule has 0 spiro atoms. The van der Waals surface area contributed by atoms with Gasteiger partial charge in [0.2, 0.25) is 0 Å². The molecular weight excluding hydrogens is 254 g/mol. The van der Waals surface area contributed by atoms with E-state index in [9.17, 15) is 10.2 Å². The Labute approximate surface area is 107 Å². The summed E-state index contributed by atoms with van der Waals surface area (Å²) in [6, 6.07) is 6.23. The normalized spacial score (nSPS) is 10.9. The van der Waals surface area contributed by atoms with Crippen molar-refractivity contribution in [3.05, 3.63) is 35.6 Å². The Kier molecular flexibility index (Phi) is 2.34. The molecule has 90 valence electrons. The van der Waals surface area contributed by atoms with Gasteiger partial charge in [-0.2, -0.15) is 0 Å². The smallest absolute Gasteiger partial charge is 0.158 e. The van der Waals surface area contributed by atoms with Gasteiger partial charge in [-0.15, -0.1) is 0 Å². The number of aromatic amines is 1.